The molecule has 0 radical (unpaired) electrons. The quantitative estimate of drug-likeness (QED) is 0.711. The summed E-state index contributed by atoms with van der Waals surface area (Å²) in [6.45, 7) is 0. The molecule has 4 nitrogen and oxygen atoms in total. The molecule has 66 valence electrons. The van der Waals surface area contributed by atoms with Crippen LogP contribution in [0, 0.1) is 11.3 Å². The van der Waals surface area contributed by atoms with Gasteiger partial charge in [0.2, 0.25) is 5.91 Å². The van der Waals surface area contributed by atoms with Gasteiger partial charge in [0.05, 0.1) is 24.6 Å². The first-order chi connectivity index (χ1) is 6.22. The zero-order chi connectivity index (χ0) is 9.68. The third kappa shape index (κ3) is 2.91. The van der Waals surface area contributed by atoms with E-state index in [4.69, 9.17) is 11.0 Å². The highest BCUT2D eigenvalue weighted by Crippen LogP contribution is 2.02. The van der Waals surface area contributed by atoms with E-state index in [0.29, 0.717) is 5.69 Å². The molecule has 1 aromatic heterocycles. The highest BCUT2D eigenvalue weighted by Gasteiger charge is 2.00. The van der Waals surface area contributed by atoms with Crippen molar-refractivity contribution in [2.75, 3.05) is 0 Å². The fourth-order valence-corrected chi connectivity index (χ4v) is 1.02. The van der Waals surface area contributed by atoms with Gasteiger partial charge in [0.15, 0.2) is 0 Å². The molecule has 0 saturated heterocycles. The molecule has 0 saturated carbocycles. The molecule has 1 rings (SSSR count). The number of nitriles is 1. The summed E-state index contributed by atoms with van der Waals surface area (Å²) in [6, 6.07) is 5.42. The number of amides is 1. The van der Waals surface area contributed by atoms with Crippen LogP contribution in [0.1, 0.15) is 11.3 Å². The Kier molecular flexibility index (Phi) is 2.98. The van der Waals surface area contributed by atoms with Crippen LogP contribution < -0.4 is 5.73 Å². The van der Waals surface area contributed by atoms with Crippen molar-refractivity contribution in [2.24, 2.45) is 5.73 Å². The van der Waals surface area contributed by atoms with Gasteiger partial charge < -0.3 is 5.73 Å². The molecule has 0 aliphatic rings. The van der Waals surface area contributed by atoms with E-state index >= 15 is 0 Å². The maximum Gasteiger partial charge on any atom is 0.221 e. The summed E-state index contributed by atoms with van der Waals surface area (Å²) in [7, 11) is 0. The van der Waals surface area contributed by atoms with Gasteiger partial charge in [-0.15, -0.1) is 0 Å². The van der Waals surface area contributed by atoms with Gasteiger partial charge >= 0.3 is 0 Å². The van der Waals surface area contributed by atoms with E-state index < -0.39 is 0 Å². The maximum absolute atomic E-state index is 10.6. The molecule has 0 atom stereocenters. The molecule has 0 unspecified atom stereocenters. The lowest BCUT2D eigenvalue weighted by molar-refractivity contribution is -0.117. The number of primary amides is 1. The number of nitrogens with two attached hydrogens (primary N) is 1. The van der Waals surface area contributed by atoms with E-state index in [-0.39, 0.29) is 18.7 Å². The van der Waals surface area contributed by atoms with Crippen molar-refractivity contribution in [1.82, 2.24) is 4.98 Å². The smallest absolute Gasteiger partial charge is 0.221 e. The summed E-state index contributed by atoms with van der Waals surface area (Å²) in [5, 5.41) is 8.41. The van der Waals surface area contributed by atoms with Gasteiger partial charge in [0, 0.05) is 6.20 Å². The summed E-state index contributed by atoms with van der Waals surface area (Å²) in [5.74, 6) is -0.380. The lowest BCUT2D eigenvalue weighted by Crippen LogP contribution is -2.13. The second-order valence-corrected chi connectivity index (χ2v) is 2.63. The molecule has 1 heterocycles. The first-order valence-electron chi connectivity index (χ1n) is 3.81. The molecule has 2 N–H and O–H groups in total. The van der Waals surface area contributed by atoms with Crippen molar-refractivity contribution in [3.8, 4) is 6.07 Å². The normalized spacial score (nSPS) is 9.15. The van der Waals surface area contributed by atoms with Gasteiger partial charge in [-0.3, -0.25) is 9.78 Å². The Labute approximate surface area is 76.0 Å². The van der Waals surface area contributed by atoms with Crippen LogP contribution >= 0.6 is 0 Å². The van der Waals surface area contributed by atoms with Crippen molar-refractivity contribution in [3.05, 3.63) is 29.6 Å². The van der Waals surface area contributed by atoms with Crippen LogP contribution in [0.3, 0.4) is 0 Å². The minimum absolute atomic E-state index is 0.195. The van der Waals surface area contributed by atoms with E-state index in [2.05, 4.69) is 4.98 Å². The Balaban J connectivity index is 2.80. The van der Waals surface area contributed by atoms with Crippen LogP contribution in [-0.4, -0.2) is 10.9 Å². The minimum Gasteiger partial charge on any atom is -0.369 e. The maximum atomic E-state index is 10.6. The predicted octanol–water partition coefficient (Wildman–Crippen LogP) is 0.175. The summed E-state index contributed by atoms with van der Waals surface area (Å²) in [4.78, 5) is 14.5. The molecule has 13 heavy (non-hydrogen) atoms. The van der Waals surface area contributed by atoms with Crippen LogP contribution in [0.15, 0.2) is 18.3 Å². The molecule has 0 bridgehead atoms. The van der Waals surface area contributed by atoms with Gasteiger partial charge in [-0.25, -0.2) is 0 Å². The zero-order valence-corrected chi connectivity index (χ0v) is 7.03. The summed E-state index contributed by atoms with van der Waals surface area (Å²) >= 11 is 0. The predicted molar refractivity (Wildman–Crippen MR) is 46.5 cm³/mol. The van der Waals surface area contributed by atoms with Crippen LogP contribution in [0.5, 0.6) is 0 Å². The standard InChI is InChI=1S/C9H9N3O/c10-3-1-8-5-7(2-4-12-8)6-9(11)13/h2,4-5H,1,6H2,(H2,11,13). The fraction of sp³-hybridized carbons (Fsp3) is 0.222. The number of hydrogen-bond donors (Lipinski definition) is 1. The highest BCUT2D eigenvalue weighted by molar-refractivity contribution is 5.76. The molecule has 1 aromatic rings. The third-order valence-electron chi connectivity index (χ3n) is 1.52. The summed E-state index contributed by atoms with van der Waals surface area (Å²) in [5.41, 5.74) is 6.49. The van der Waals surface area contributed by atoms with E-state index in [9.17, 15) is 4.79 Å². The Morgan fingerprint density at radius 2 is 2.46 bits per heavy atom. The molecule has 1 amide bonds. The van der Waals surface area contributed by atoms with Gasteiger partial charge in [0.25, 0.3) is 0 Å². The first kappa shape index (κ1) is 9.20. The van der Waals surface area contributed by atoms with Crippen molar-refractivity contribution >= 4 is 5.91 Å². The SMILES string of the molecule is N#CCc1cc(CC(N)=O)ccn1. The third-order valence-corrected chi connectivity index (χ3v) is 1.52. The monoisotopic (exact) mass is 175 g/mol. The largest absolute Gasteiger partial charge is 0.369 e. The molecule has 0 aliphatic heterocycles. The Morgan fingerprint density at radius 3 is 3.08 bits per heavy atom. The number of hydrogen-bond acceptors (Lipinski definition) is 3. The van der Waals surface area contributed by atoms with E-state index in [1.54, 1.807) is 18.3 Å². The minimum atomic E-state index is -0.380. The fourth-order valence-electron chi connectivity index (χ4n) is 1.02. The Bertz CT molecular complexity index is 354. The van der Waals surface area contributed by atoms with Crippen molar-refractivity contribution < 1.29 is 4.79 Å². The number of pyridine rings is 1. The topological polar surface area (TPSA) is 79.8 Å². The van der Waals surface area contributed by atoms with Gasteiger partial charge in [-0.1, -0.05) is 0 Å². The van der Waals surface area contributed by atoms with E-state index in [1.165, 1.54) is 0 Å². The molecule has 0 aliphatic carbocycles. The highest BCUT2D eigenvalue weighted by atomic mass is 16.1. The molecule has 0 spiro atoms. The van der Waals surface area contributed by atoms with Crippen molar-refractivity contribution in [2.45, 2.75) is 12.8 Å². The molecular formula is C9H9N3O. The van der Waals surface area contributed by atoms with Crippen LogP contribution in [0.4, 0.5) is 0 Å². The number of rotatable bonds is 3. The van der Waals surface area contributed by atoms with Crippen molar-refractivity contribution in [3.63, 3.8) is 0 Å². The molecule has 4 heteroatoms. The average Bonchev–Trinajstić information content (AvgIpc) is 2.04. The first-order valence-corrected chi connectivity index (χ1v) is 3.81. The van der Waals surface area contributed by atoms with Crippen LogP contribution in [0.2, 0.25) is 0 Å². The van der Waals surface area contributed by atoms with E-state index in [1.807, 2.05) is 6.07 Å². The lowest BCUT2D eigenvalue weighted by atomic mass is 10.1. The Hall–Kier alpha value is -1.89. The Morgan fingerprint density at radius 1 is 1.69 bits per heavy atom. The van der Waals surface area contributed by atoms with Gasteiger partial charge in [-0.05, 0) is 17.7 Å². The van der Waals surface area contributed by atoms with Crippen LogP contribution in [-0.2, 0) is 17.6 Å². The lowest BCUT2D eigenvalue weighted by Gasteiger charge is -1.98. The zero-order valence-electron chi connectivity index (χ0n) is 7.03. The van der Waals surface area contributed by atoms with Crippen LogP contribution in [0.25, 0.3) is 0 Å². The van der Waals surface area contributed by atoms with Gasteiger partial charge in [-0.2, -0.15) is 5.26 Å². The number of aromatic nitrogens is 1. The van der Waals surface area contributed by atoms with Gasteiger partial charge in [0.1, 0.15) is 0 Å². The van der Waals surface area contributed by atoms with Crippen molar-refractivity contribution in [1.29, 1.82) is 5.26 Å². The van der Waals surface area contributed by atoms with E-state index in [0.717, 1.165) is 5.56 Å². The number of carbonyl (C=O) groups is 1. The second-order valence-electron chi connectivity index (χ2n) is 2.63. The molecule has 0 aromatic carbocycles. The summed E-state index contributed by atoms with van der Waals surface area (Å²) in [6.07, 6.45) is 2.03. The second kappa shape index (κ2) is 4.21. The molecular weight excluding hydrogens is 166 g/mol. The average molecular weight is 175 g/mol. The molecule has 0 fully saturated rings. The number of nitrogens with zero attached hydrogens (tertiary/aromatic N) is 2. The summed E-state index contributed by atoms with van der Waals surface area (Å²) < 4.78 is 0. The number of carbonyl (C=O) groups excluding carboxylic acids is 1.